The lowest BCUT2D eigenvalue weighted by atomic mass is 10.1. The Hall–Kier alpha value is -1.68. The lowest BCUT2D eigenvalue weighted by Crippen LogP contribution is -2.23. The molecule has 0 amide bonds. The Bertz CT molecular complexity index is 461. The number of nitrogens with zero attached hydrogens (tertiary/aromatic N) is 2. The van der Waals surface area contributed by atoms with Gasteiger partial charge in [-0.1, -0.05) is 6.07 Å². The van der Waals surface area contributed by atoms with Gasteiger partial charge in [-0.3, -0.25) is 10.1 Å². The summed E-state index contributed by atoms with van der Waals surface area (Å²) >= 11 is 0. The average Bonchev–Trinajstić information content (AvgIpc) is 2.74. The molecule has 1 aliphatic heterocycles. The van der Waals surface area contributed by atoms with E-state index in [0.29, 0.717) is 0 Å². The predicted octanol–water partition coefficient (Wildman–Crippen LogP) is 1.12. The minimum atomic E-state index is 0.887. The molecular weight excluding hydrogens is 188 g/mol. The van der Waals surface area contributed by atoms with E-state index in [1.807, 2.05) is 18.2 Å². The zero-order chi connectivity index (χ0) is 10.1. The molecule has 0 spiro atoms. The van der Waals surface area contributed by atoms with Crippen LogP contribution in [0.4, 0.5) is 0 Å². The molecule has 0 radical (unpaired) electrons. The lowest BCUT2D eigenvalue weighted by Gasteiger charge is -2.12. The number of nitrogens with one attached hydrogen (secondary N) is 2. The summed E-state index contributed by atoms with van der Waals surface area (Å²) in [6.45, 7) is 1.91. The Morgan fingerprint density at radius 2 is 2.27 bits per heavy atom. The molecule has 2 aromatic rings. The van der Waals surface area contributed by atoms with E-state index in [0.717, 1.165) is 30.9 Å². The third-order valence-electron chi connectivity index (χ3n) is 2.71. The third-order valence-corrected chi connectivity index (χ3v) is 2.71. The molecule has 2 aromatic heterocycles. The molecular formula is C11H12N4. The van der Waals surface area contributed by atoms with Crippen LogP contribution in [-0.4, -0.2) is 21.7 Å². The minimum absolute atomic E-state index is 0.887. The monoisotopic (exact) mass is 200 g/mol. The van der Waals surface area contributed by atoms with Gasteiger partial charge >= 0.3 is 0 Å². The van der Waals surface area contributed by atoms with Crippen molar-refractivity contribution in [2.24, 2.45) is 0 Å². The maximum Gasteiger partial charge on any atom is 0.115 e. The molecule has 0 saturated heterocycles. The van der Waals surface area contributed by atoms with Crippen molar-refractivity contribution in [3.05, 3.63) is 35.7 Å². The Morgan fingerprint density at radius 1 is 1.27 bits per heavy atom. The molecule has 0 fully saturated rings. The standard InChI is InChI=1S/C11H12N4/c1-2-5-13-10(3-1)11-8-7-12-6-4-9(8)14-15-11/h1-3,5,12H,4,6-7H2,(H,14,15). The van der Waals surface area contributed by atoms with Gasteiger partial charge in [-0.25, -0.2) is 0 Å². The quantitative estimate of drug-likeness (QED) is 0.725. The maximum atomic E-state index is 4.34. The molecule has 76 valence electrons. The van der Waals surface area contributed by atoms with E-state index in [9.17, 15) is 0 Å². The number of H-pyrrole nitrogens is 1. The fourth-order valence-electron chi connectivity index (χ4n) is 1.94. The number of aromatic nitrogens is 3. The molecule has 3 rings (SSSR count). The molecule has 0 atom stereocenters. The topological polar surface area (TPSA) is 53.6 Å². The summed E-state index contributed by atoms with van der Waals surface area (Å²) < 4.78 is 0. The van der Waals surface area contributed by atoms with Crippen LogP contribution >= 0.6 is 0 Å². The fourth-order valence-corrected chi connectivity index (χ4v) is 1.94. The van der Waals surface area contributed by atoms with Crippen molar-refractivity contribution in [1.82, 2.24) is 20.5 Å². The molecule has 0 bridgehead atoms. The second-order valence-corrected chi connectivity index (χ2v) is 3.67. The summed E-state index contributed by atoms with van der Waals surface area (Å²) in [4.78, 5) is 4.32. The Kier molecular flexibility index (Phi) is 1.99. The first kappa shape index (κ1) is 8.61. The number of hydrogen-bond donors (Lipinski definition) is 2. The first-order chi connectivity index (χ1) is 7.45. The minimum Gasteiger partial charge on any atom is -0.312 e. The van der Waals surface area contributed by atoms with Gasteiger partial charge in [0.25, 0.3) is 0 Å². The second kappa shape index (κ2) is 3.47. The van der Waals surface area contributed by atoms with Gasteiger partial charge in [0.05, 0.1) is 5.69 Å². The van der Waals surface area contributed by atoms with Crippen molar-refractivity contribution in [2.45, 2.75) is 13.0 Å². The molecule has 4 heteroatoms. The van der Waals surface area contributed by atoms with E-state index in [2.05, 4.69) is 20.5 Å². The van der Waals surface area contributed by atoms with E-state index >= 15 is 0 Å². The van der Waals surface area contributed by atoms with Gasteiger partial charge in [0.1, 0.15) is 5.69 Å². The molecule has 15 heavy (non-hydrogen) atoms. The van der Waals surface area contributed by atoms with E-state index < -0.39 is 0 Å². The SMILES string of the molecule is c1ccc(-c2n[nH]c3c2CNCC3)nc1. The fraction of sp³-hybridized carbons (Fsp3) is 0.273. The number of pyridine rings is 1. The van der Waals surface area contributed by atoms with Crippen LogP contribution in [0.2, 0.25) is 0 Å². The molecule has 0 aromatic carbocycles. The normalized spacial score (nSPS) is 14.9. The highest BCUT2D eigenvalue weighted by Gasteiger charge is 2.17. The van der Waals surface area contributed by atoms with Crippen molar-refractivity contribution >= 4 is 0 Å². The molecule has 0 unspecified atom stereocenters. The van der Waals surface area contributed by atoms with Gasteiger partial charge in [0.15, 0.2) is 0 Å². The van der Waals surface area contributed by atoms with Crippen LogP contribution in [0.25, 0.3) is 11.4 Å². The molecule has 2 N–H and O–H groups in total. The second-order valence-electron chi connectivity index (χ2n) is 3.67. The highest BCUT2D eigenvalue weighted by Crippen LogP contribution is 2.23. The van der Waals surface area contributed by atoms with E-state index in [1.54, 1.807) is 6.20 Å². The maximum absolute atomic E-state index is 4.34. The molecule has 1 aliphatic rings. The summed E-state index contributed by atoms with van der Waals surface area (Å²) in [6.07, 6.45) is 2.82. The first-order valence-corrected chi connectivity index (χ1v) is 5.13. The number of rotatable bonds is 1. The predicted molar refractivity (Wildman–Crippen MR) is 57.2 cm³/mol. The van der Waals surface area contributed by atoms with Gasteiger partial charge in [0.2, 0.25) is 0 Å². The van der Waals surface area contributed by atoms with Crippen molar-refractivity contribution in [3.8, 4) is 11.4 Å². The van der Waals surface area contributed by atoms with E-state index in [4.69, 9.17) is 0 Å². The number of hydrogen-bond acceptors (Lipinski definition) is 3. The van der Waals surface area contributed by atoms with E-state index in [1.165, 1.54) is 11.3 Å². The van der Waals surface area contributed by atoms with Crippen molar-refractivity contribution in [1.29, 1.82) is 0 Å². The van der Waals surface area contributed by atoms with Crippen molar-refractivity contribution < 1.29 is 0 Å². The number of aromatic amines is 1. The summed E-state index contributed by atoms with van der Waals surface area (Å²) in [5, 5.41) is 10.8. The number of fused-ring (bicyclic) bond motifs is 1. The van der Waals surface area contributed by atoms with Crippen LogP contribution in [-0.2, 0) is 13.0 Å². The Labute approximate surface area is 87.7 Å². The Balaban J connectivity index is 2.09. The third kappa shape index (κ3) is 1.43. The summed E-state index contributed by atoms with van der Waals surface area (Å²) in [7, 11) is 0. The Morgan fingerprint density at radius 3 is 3.13 bits per heavy atom. The van der Waals surface area contributed by atoms with E-state index in [-0.39, 0.29) is 0 Å². The molecule has 4 nitrogen and oxygen atoms in total. The van der Waals surface area contributed by atoms with Gasteiger partial charge in [-0.05, 0) is 12.1 Å². The highest BCUT2D eigenvalue weighted by molar-refractivity contribution is 5.60. The highest BCUT2D eigenvalue weighted by atomic mass is 15.1. The van der Waals surface area contributed by atoms with Crippen molar-refractivity contribution in [3.63, 3.8) is 0 Å². The summed E-state index contributed by atoms with van der Waals surface area (Å²) in [5.41, 5.74) is 4.44. The van der Waals surface area contributed by atoms with Crippen LogP contribution < -0.4 is 5.32 Å². The largest absolute Gasteiger partial charge is 0.312 e. The average molecular weight is 200 g/mol. The molecule has 0 saturated carbocycles. The first-order valence-electron chi connectivity index (χ1n) is 5.13. The molecule has 0 aliphatic carbocycles. The molecule has 3 heterocycles. The van der Waals surface area contributed by atoms with Crippen LogP contribution in [0.3, 0.4) is 0 Å². The summed E-state index contributed by atoms with van der Waals surface area (Å²) in [5.74, 6) is 0. The van der Waals surface area contributed by atoms with Crippen LogP contribution in [0.1, 0.15) is 11.3 Å². The van der Waals surface area contributed by atoms with Gasteiger partial charge in [-0.2, -0.15) is 5.10 Å². The van der Waals surface area contributed by atoms with Crippen LogP contribution in [0.5, 0.6) is 0 Å². The van der Waals surface area contributed by atoms with Gasteiger partial charge in [0, 0.05) is 37.0 Å². The van der Waals surface area contributed by atoms with Crippen molar-refractivity contribution in [2.75, 3.05) is 6.54 Å². The van der Waals surface area contributed by atoms with Gasteiger partial charge < -0.3 is 5.32 Å². The zero-order valence-electron chi connectivity index (χ0n) is 8.33. The smallest absolute Gasteiger partial charge is 0.115 e. The lowest BCUT2D eigenvalue weighted by molar-refractivity contribution is 0.637. The van der Waals surface area contributed by atoms with Gasteiger partial charge in [-0.15, -0.1) is 0 Å². The zero-order valence-corrected chi connectivity index (χ0v) is 8.33. The van der Waals surface area contributed by atoms with Crippen LogP contribution in [0.15, 0.2) is 24.4 Å². The van der Waals surface area contributed by atoms with Crippen LogP contribution in [0, 0.1) is 0 Å². The summed E-state index contributed by atoms with van der Waals surface area (Å²) in [6, 6.07) is 5.89.